The van der Waals surface area contributed by atoms with E-state index in [0.717, 1.165) is 24.8 Å². The molecule has 0 aromatic carbocycles. The third kappa shape index (κ3) is 1.60. The van der Waals surface area contributed by atoms with Crippen LogP contribution in [0.15, 0.2) is 23.0 Å². The lowest BCUT2D eigenvalue weighted by Crippen LogP contribution is -2.16. The van der Waals surface area contributed by atoms with E-state index in [1.54, 1.807) is 12.5 Å². The molecule has 1 aromatic rings. The fourth-order valence-corrected chi connectivity index (χ4v) is 2.16. The molecule has 0 aliphatic heterocycles. The van der Waals surface area contributed by atoms with Crippen molar-refractivity contribution in [2.75, 3.05) is 0 Å². The molecule has 0 saturated heterocycles. The molecule has 0 radical (unpaired) electrons. The summed E-state index contributed by atoms with van der Waals surface area (Å²) in [7, 11) is 0. The van der Waals surface area contributed by atoms with E-state index in [2.05, 4.69) is 6.07 Å². The van der Waals surface area contributed by atoms with Crippen LogP contribution in [0, 0.1) is 16.7 Å². The van der Waals surface area contributed by atoms with E-state index in [9.17, 15) is 0 Å². The van der Waals surface area contributed by atoms with Crippen LogP contribution in [0.1, 0.15) is 31.2 Å². The normalized spacial score (nSPS) is 19.9. The first-order valence-electron chi connectivity index (χ1n) is 4.77. The lowest BCUT2D eigenvalue weighted by atomic mass is 9.82. The maximum atomic E-state index is 9.13. The molecule has 1 aliphatic carbocycles. The van der Waals surface area contributed by atoms with E-state index in [0.29, 0.717) is 0 Å². The van der Waals surface area contributed by atoms with Gasteiger partial charge in [0.1, 0.15) is 0 Å². The fourth-order valence-electron chi connectivity index (χ4n) is 2.16. The Morgan fingerprint density at radius 1 is 1.46 bits per heavy atom. The molecule has 1 heterocycles. The van der Waals surface area contributed by atoms with Gasteiger partial charge in [0.25, 0.3) is 0 Å². The highest BCUT2D eigenvalue weighted by molar-refractivity contribution is 5.15. The van der Waals surface area contributed by atoms with Gasteiger partial charge in [-0.05, 0) is 30.9 Å². The summed E-state index contributed by atoms with van der Waals surface area (Å²) >= 11 is 0. The quantitative estimate of drug-likeness (QED) is 0.693. The number of hydrogen-bond acceptors (Lipinski definition) is 2. The van der Waals surface area contributed by atoms with E-state index in [4.69, 9.17) is 9.68 Å². The molecule has 0 spiro atoms. The zero-order valence-corrected chi connectivity index (χ0v) is 7.62. The SMILES string of the molecule is N#CC1(Cc2ccoc2)CCCC1. The van der Waals surface area contributed by atoms with Crippen LogP contribution in [-0.4, -0.2) is 0 Å². The molecule has 68 valence electrons. The molecule has 2 rings (SSSR count). The van der Waals surface area contributed by atoms with Gasteiger partial charge in [0.15, 0.2) is 0 Å². The minimum Gasteiger partial charge on any atom is -0.472 e. The van der Waals surface area contributed by atoms with Crippen LogP contribution in [0.4, 0.5) is 0 Å². The molecule has 0 bridgehead atoms. The Morgan fingerprint density at radius 2 is 2.23 bits per heavy atom. The van der Waals surface area contributed by atoms with Gasteiger partial charge in [-0.1, -0.05) is 12.8 Å². The predicted molar refractivity (Wildman–Crippen MR) is 48.9 cm³/mol. The first kappa shape index (κ1) is 8.37. The largest absolute Gasteiger partial charge is 0.472 e. The van der Waals surface area contributed by atoms with E-state index in [1.807, 2.05) is 6.07 Å². The van der Waals surface area contributed by atoms with Crippen LogP contribution in [0.5, 0.6) is 0 Å². The summed E-state index contributed by atoms with van der Waals surface area (Å²) in [6.07, 6.45) is 8.78. The molecule has 1 aliphatic rings. The second kappa shape index (κ2) is 3.26. The topological polar surface area (TPSA) is 36.9 Å². The first-order chi connectivity index (χ1) is 6.35. The monoisotopic (exact) mass is 175 g/mol. The van der Waals surface area contributed by atoms with Crippen LogP contribution in [0.2, 0.25) is 0 Å². The maximum Gasteiger partial charge on any atom is 0.0935 e. The smallest absolute Gasteiger partial charge is 0.0935 e. The Kier molecular flexibility index (Phi) is 2.10. The maximum absolute atomic E-state index is 9.13. The zero-order chi connectivity index (χ0) is 9.15. The second-order valence-corrected chi connectivity index (χ2v) is 3.91. The Labute approximate surface area is 78.2 Å². The molecule has 1 saturated carbocycles. The molecule has 1 aromatic heterocycles. The van der Waals surface area contributed by atoms with Crippen molar-refractivity contribution in [1.29, 1.82) is 5.26 Å². The number of nitriles is 1. The summed E-state index contributed by atoms with van der Waals surface area (Å²) < 4.78 is 5.00. The first-order valence-corrected chi connectivity index (χ1v) is 4.77. The van der Waals surface area contributed by atoms with Gasteiger partial charge in [0, 0.05) is 0 Å². The lowest BCUT2D eigenvalue weighted by Gasteiger charge is -2.18. The van der Waals surface area contributed by atoms with Gasteiger partial charge < -0.3 is 4.42 Å². The highest BCUT2D eigenvalue weighted by Crippen LogP contribution is 2.40. The Balaban J connectivity index is 2.11. The van der Waals surface area contributed by atoms with Crippen molar-refractivity contribution in [1.82, 2.24) is 0 Å². The van der Waals surface area contributed by atoms with Gasteiger partial charge in [-0.3, -0.25) is 0 Å². The summed E-state index contributed by atoms with van der Waals surface area (Å²) in [5.74, 6) is 0. The second-order valence-electron chi connectivity index (χ2n) is 3.91. The summed E-state index contributed by atoms with van der Waals surface area (Å²) in [6.45, 7) is 0. The third-order valence-electron chi connectivity index (χ3n) is 2.92. The Morgan fingerprint density at radius 3 is 2.77 bits per heavy atom. The fraction of sp³-hybridized carbons (Fsp3) is 0.545. The predicted octanol–water partition coefficient (Wildman–Crippen LogP) is 2.91. The number of nitrogens with zero attached hydrogens (tertiary/aromatic N) is 1. The van der Waals surface area contributed by atoms with E-state index < -0.39 is 0 Å². The van der Waals surface area contributed by atoms with Crippen molar-refractivity contribution in [2.45, 2.75) is 32.1 Å². The molecule has 0 atom stereocenters. The van der Waals surface area contributed by atoms with Gasteiger partial charge in [-0.25, -0.2) is 0 Å². The van der Waals surface area contributed by atoms with Crippen molar-refractivity contribution >= 4 is 0 Å². The van der Waals surface area contributed by atoms with Crippen molar-refractivity contribution in [2.24, 2.45) is 5.41 Å². The van der Waals surface area contributed by atoms with Crippen LogP contribution in [-0.2, 0) is 6.42 Å². The van der Waals surface area contributed by atoms with Gasteiger partial charge in [-0.15, -0.1) is 0 Å². The van der Waals surface area contributed by atoms with Gasteiger partial charge in [-0.2, -0.15) is 5.26 Å². The number of rotatable bonds is 2. The summed E-state index contributed by atoms with van der Waals surface area (Å²) in [6, 6.07) is 4.43. The molecular weight excluding hydrogens is 162 g/mol. The van der Waals surface area contributed by atoms with Crippen molar-refractivity contribution in [3.05, 3.63) is 24.2 Å². The third-order valence-corrected chi connectivity index (χ3v) is 2.92. The van der Waals surface area contributed by atoms with Crippen molar-refractivity contribution < 1.29 is 4.42 Å². The molecule has 13 heavy (non-hydrogen) atoms. The van der Waals surface area contributed by atoms with E-state index >= 15 is 0 Å². The standard InChI is InChI=1S/C11H13NO/c12-9-11(4-1-2-5-11)7-10-3-6-13-8-10/h3,6,8H,1-2,4-5,7H2. The van der Waals surface area contributed by atoms with Crippen LogP contribution in [0.25, 0.3) is 0 Å². The van der Waals surface area contributed by atoms with Crippen LogP contribution in [0.3, 0.4) is 0 Å². The van der Waals surface area contributed by atoms with Gasteiger partial charge in [0.2, 0.25) is 0 Å². The average molecular weight is 175 g/mol. The zero-order valence-electron chi connectivity index (χ0n) is 7.62. The average Bonchev–Trinajstić information content (AvgIpc) is 2.77. The molecule has 2 heteroatoms. The van der Waals surface area contributed by atoms with Gasteiger partial charge >= 0.3 is 0 Å². The highest BCUT2D eigenvalue weighted by atomic mass is 16.3. The minimum absolute atomic E-state index is 0.0934. The summed E-state index contributed by atoms with van der Waals surface area (Å²) in [5.41, 5.74) is 1.06. The molecular formula is C11H13NO. The Hall–Kier alpha value is -1.23. The number of furan rings is 1. The molecule has 0 N–H and O–H groups in total. The number of hydrogen-bond donors (Lipinski definition) is 0. The molecule has 0 amide bonds. The minimum atomic E-state index is -0.0934. The van der Waals surface area contributed by atoms with Crippen molar-refractivity contribution in [3.8, 4) is 6.07 Å². The molecule has 1 fully saturated rings. The highest BCUT2D eigenvalue weighted by Gasteiger charge is 2.34. The van der Waals surface area contributed by atoms with Crippen molar-refractivity contribution in [3.63, 3.8) is 0 Å². The van der Waals surface area contributed by atoms with Crippen LogP contribution >= 0.6 is 0 Å². The van der Waals surface area contributed by atoms with E-state index in [-0.39, 0.29) is 5.41 Å². The lowest BCUT2D eigenvalue weighted by molar-refractivity contribution is 0.405. The van der Waals surface area contributed by atoms with Gasteiger partial charge in [0.05, 0.1) is 24.0 Å². The van der Waals surface area contributed by atoms with Crippen LogP contribution < -0.4 is 0 Å². The molecule has 2 nitrogen and oxygen atoms in total. The van der Waals surface area contributed by atoms with E-state index in [1.165, 1.54) is 12.8 Å². The Bertz CT molecular complexity index is 301. The molecule has 0 unspecified atom stereocenters. The summed E-state index contributed by atoms with van der Waals surface area (Å²) in [4.78, 5) is 0. The summed E-state index contributed by atoms with van der Waals surface area (Å²) in [5, 5.41) is 9.13.